The predicted octanol–water partition coefficient (Wildman–Crippen LogP) is 4.14. The number of ether oxygens (including phenoxy) is 3. The van der Waals surface area contributed by atoms with Crippen LogP contribution in [0.3, 0.4) is 0 Å². The summed E-state index contributed by atoms with van der Waals surface area (Å²) in [5, 5.41) is 8.07. The van der Waals surface area contributed by atoms with Gasteiger partial charge in [-0.25, -0.2) is 9.97 Å². The van der Waals surface area contributed by atoms with Gasteiger partial charge in [0.25, 0.3) is 0 Å². The van der Waals surface area contributed by atoms with Crippen molar-refractivity contribution in [3.8, 4) is 11.5 Å². The second kappa shape index (κ2) is 10.7. The molecule has 2 N–H and O–H groups in total. The van der Waals surface area contributed by atoms with E-state index in [1.807, 2.05) is 30.3 Å². The number of nitrogens with zero attached hydrogens (tertiary/aromatic N) is 2. The highest BCUT2D eigenvalue weighted by Crippen LogP contribution is 2.36. The van der Waals surface area contributed by atoms with Crippen LogP contribution in [0.15, 0.2) is 42.7 Å². The normalized spacial score (nSPS) is 15.1. The Hall–Kier alpha value is -3.10. The number of carbonyl (C=O) groups excluding carboxylic acids is 1. The number of hydrogen-bond donors (Lipinski definition) is 2. The maximum atomic E-state index is 12.1. The van der Waals surface area contributed by atoms with Gasteiger partial charge in [0.05, 0.1) is 32.2 Å². The summed E-state index contributed by atoms with van der Waals surface area (Å²) in [6.45, 7) is 1.84. The summed E-state index contributed by atoms with van der Waals surface area (Å²) in [7, 11) is 2.98. The van der Waals surface area contributed by atoms with Crippen molar-refractivity contribution in [3.05, 3.63) is 53.3 Å². The lowest BCUT2D eigenvalue weighted by molar-refractivity contribution is -0.140. The van der Waals surface area contributed by atoms with Crippen LogP contribution in [0.4, 0.5) is 5.82 Å². The maximum Gasteiger partial charge on any atom is 0.307 e. The van der Waals surface area contributed by atoms with Crippen LogP contribution in [-0.4, -0.2) is 49.4 Å². The Morgan fingerprint density at radius 1 is 1.18 bits per heavy atom. The quantitative estimate of drug-likeness (QED) is 0.474. The van der Waals surface area contributed by atoms with Crippen molar-refractivity contribution in [3.63, 3.8) is 0 Å². The van der Waals surface area contributed by atoms with E-state index in [0.717, 1.165) is 36.9 Å². The standard InChI is InChI=1S/C24H27ClN4O4/c1-31-21-12-20-18(11-22(21)33-17-6-8-26-9-7-17)24(28-14-27-20)29-19(13-23(30)32-2)15-4-3-5-16(25)10-15/h3-5,10-12,14,17,19,26H,6-9,13H2,1-2H3,(H,27,28,29). The van der Waals surface area contributed by atoms with Crippen molar-refractivity contribution in [2.45, 2.75) is 31.4 Å². The SMILES string of the molecule is COC(=O)CC(Nc1ncnc2cc(OC)c(OC3CCNCC3)cc12)c1cccc(Cl)c1. The Balaban J connectivity index is 1.70. The average Bonchev–Trinajstić information content (AvgIpc) is 2.84. The fourth-order valence-electron chi connectivity index (χ4n) is 3.91. The van der Waals surface area contributed by atoms with Crippen molar-refractivity contribution < 1.29 is 19.0 Å². The van der Waals surface area contributed by atoms with Gasteiger partial charge in [-0.05, 0) is 49.7 Å². The molecule has 0 radical (unpaired) electrons. The van der Waals surface area contributed by atoms with Crippen molar-refractivity contribution in [2.24, 2.45) is 0 Å². The van der Waals surface area contributed by atoms with Gasteiger partial charge in [-0.2, -0.15) is 0 Å². The number of piperidine rings is 1. The fraction of sp³-hybridized carbons (Fsp3) is 0.375. The van der Waals surface area contributed by atoms with E-state index < -0.39 is 6.04 Å². The number of aromatic nitrogens is 2. The second-order valence-electron chi connectivity index (χ2n) is 7.84. The third-order valence-electron chi connectivity index (χ3n) is 5.66. The number of methoxy groups -OCH3 is 2. The highest BCUT2D eigenvalue weighted by Gasteiger charge is 2.21. The fourth-order valence-corrected chi connectivity index (χ4v) is 4.11. The highest BCUT2D eigenvalue weighted by atomic mass is 35.5. The first kappa shape index (κ1) is 23.1. The smallest absolute Gasteiger partial charge is 0.307 e. The van der Waals surface area contributed by atoms with Gasteiger partial charge in [0.2, 0.25) is 0 Å². The molecule has 2 aromatic carbocycles. The van der Waals surface area contributed by atoms with Gasteiger partial charge in [-0.1, -0.05) is 23.7 Å². The Kier molecular flexibility index (Phi) is 7.47. The molecule has 8 nitrogen and oxygen atoms in total. The minimum atomic E-state index is -0.398. The van der Waals surface area contributed by atoms with Crippen LogP contribution in [0.25, 0.3) is 10.9 Å². The topological polar surface area (TPSA) is 94.6 Å². The molecule has 1 saturated heterocycles. The monoisotopic (exact) mass is 470 g/mol. The van der Waals surface area contributed by atoms with Crippen LogP contribution in [0.1, 0.15) is 30.9 Å². The number of fused-ring (bicyclic) bond motifs is 1. The number of rotatable bonds is 8. The molecule has 1 fully saturated rings. The van der Waals surface area contributed by atoms with Crippen LogP contribution in [0, 0.1) is 0 Å². The van der Waals surface area contributed by atoms with Gasteiger partial charge < -0.3 is 24.8 Å². The van der Waals surface area contributed by atoms with Crippen LogP contribution in [0.2, 0.25) is 5.02 Å². The largest absolute Gasteiger partial charge is 0.493 e. The van der Waals surface area contributed by atoms with Crippen LogP contribution in [0.5, 0.6) is 11.5 Å². The third kappa shape index (κ3) is 5.64. The Morgan fingerprint density at radius 3 is 2.73 bits per heavy atom. The number of carbonyl (C=O) groups is 1. The van der Waals surface area contributed by atoms with Crippen LogP contribution < -0.4 is 20.1 Å². The highest BCUT2D eigenvalue weighted by molar-refractivity contribution is 6.30. The van der Waals surface area contributed by atoms with E-state index in [-0.39, 0.29) is 18.5 Å². The number of benzene rings is 2. The second-order valence-corrected chi connectivity index (χ2v) is 8.28. The number of nitrogens with one attached hydrogen (secondary N) is 2. The van der Waals surface area contributed by atoms with Gasteiger partial charge in [-0.15, -0.1) is 0 Å². The number of esters is 1. The molecular formula is C24H27ClN4O4. The maximum absolute atomic E-state index is 12.1. The van der Waals surface area contributed by atoms with Gasteiger partial charge in [0.15, 0.2) is 11.5 Å². The molecule has 33 heavy (non-hydrogen) atoms. The Labute approximate surface area is 197 Å². The summed E-state index contributed by atoms with van der Waals surface area (Å²) < 4.78 is 16.8. The molecular weight excluding hydrogens is 444 g/mol. The van der Waals surface area contributed by atoms with E-state index in [1.165, 1.54) is 13.4 Å². The van der Waals surface area contributed by atoms with E-state index in [0.29, 0.717) is 27.9 Å². The molecule has 0 amide bonds. The summed E-state index contributed by atoms with van der Waals surface area (Å²) in [6, 6.07) is 10.7. The summed E-state index contributed by atoms with van der Waals surface area (Å²) in [5.41, 5.74) is 1.55. The molecule has 1 unspecified atom stereocenters. The molecule has 174 valence electrons. The third-order valence-corrected chi connectivity index (χ3v) is 5.90. The van der Waals surface area contributed by atoms with E-state index in [2.05, 4.69) is 20.6 Å². The van der Waals surface area contributed by atoms with Gasteiger partial charge in [0.1, 0.15) is 18.2 Å². The summed E-state index contributed by atoms with van der Waals surface area (Å²) in [6.07, 6.45) is 3.54. The molecule has 1 atom stereocenters. The Morgan fingerprint density at radius 2 is 2.00 bits per heavy atom. The first-order valence-electron chi connectivity index (χ1n) is 10.9. The number of hydrogen-bond acceptors (Lipinski definition) is 8. The average molecular weight is 471 g/mol. The first-order chi connectivity index (χ1) is 16.1. The molecule has 2 heterocycles. The zero-order valence-corrected chi connectivity index (χ0v) is 19.4. The van der Waals surface area contributed by atoms with E-state index in [4.69, 9.17) is 25.8 Å². The lowest BCUT2D eigenvalue weighted by atomic mass is 10.0. The molecule has 4 rings (SSSR count). The molecule has 1 aliphatic rings. The summed E-state index contributed by atoms with van der Waals surface area (Å²) >= 11 is 6.20. The van der Waals surface area contributed by atoms with Gasteiger partial charge >= 0.3 is 5.97 Å². The molecule has 9 heteroatoms. The lowest BCUT2D eigenvalue weighted by Gasteiger charge is -2.25. The van der Waals surface area contributed by atoms with E-state index >= 15 is 0 Å². The summed E-state index contributed by atoms with van der Waals surface area (Å²) in [5.74, 6) is 1.49. The molecule has 1 aromatic heterocycles. The minimum Gasteiger partial charge on any atom is -0.493 e. The van der Waals surface area contributed by atoms with E-state index in [9.17, 15) is 4.79 Å². The summed E-state index contributed by atoms with van der Waals surface area (Å²) in [4.78, 5) is 21.0. The number of anilines is 1. The van der Waals surface area contributed by atoms with Crippen molar-refractivity contribution in [1.29, 1.82) is 0 Å². The molecule has 1 aliphatic heterocycles. The van der Waals surface area contributed by atoms with Crippen LogP contribution >= 0.6 is 11.6 Å². The zero-order valence-electron chi connectivity index (χ0n) is 18.6. The predicted molar refractivity (Wildman–Crippen MR) is 127 cm³/mol. The van der Waals surface area contributed by atoms with Crippen LogP contribution in [-0.2, 0) is 9.53 Å². The van der Waals surface area contributed by atoms with Crippen molar-refractivity contribution in [1.82, 2.24) is 15.3 Å². The number of halogens is 1. The Bertz CT molecular complexity index is 1120. The molecule has 0 aliphatic carbocycles. The van der Waals surface area contributed by atoms with Gasteiger partial charge in [-0.3, -0.25) is 4.79 Å². The molecule has 3 aromatic rings. The minimum absolute atomic E-state index is 0.108. The van der Waals surface area contributed by atoms with E-state index in [1.54, 1.807) is 13.2 Å². The molecule has 0 spiro atoms. The van der Waals surface area contributed by atoms with Crippen molar-refractivity contribution in [2.75, 3.05) is 32.6 Å². The molecule has 0 bridgehead atoms. The lowest BCUT2D eigenvalue weighted by Crippen LogP contribution is -2.34. The molecule has 0 saturated carbocycles. The zero-order chi connectivity index (χ0) is 23.2. The first-order valence-corrected chi connectivity index (χ1v) is 11.2. The van der Waals surface area contributed by atoms with Gasteiger partial charge in [0, 0.05) is 16.5 Å². The van der Waals surface area contributed by atoms with Crippen molar-refractivity contribution >= 4 is 34.3 Å².